The van der Waals surface area contributed by atoms with E-state index in [-0.39, 0.29) is 17.2 Å². The average molecular weight is 303 g/mol. The Morgan fingerprint density at radius 2 is 2.10 bits per heavy atom. The largest absolute Gasteiger partial charge is 0.508 e. The van der Waals surface area contributed by atoms with Gasteiger partial charge in [0.2, 0.25) is 0 Å². The molecule has 1 amide bonds. The molecular weight excluding hydrogens is 288 g/mol. The van der Waals surface area contributed by atoms with Gasteiger partial charge >= 0.3 is 0 Å². The lowest BCUT2D eigenvalue weighted by molar-refractivity contribution is 0.102. The van der Waals surface area contributed by atoms with Crippen LogP contribution in [0.25, 0.3) is 0 Å². The van der Waals surface area contributed by atoms with E-state index < -0.39 is 0 Å². The van der Waals surface area contributed by atoms with Crippen molar-refractivity contribution in [1.82, 2.24) is 0 Å². The minimum Gasteiger partial charge on any atom is -0.508 e. The van der Waals surface area contributed by atoms with Gasteiger partial charge in [-0.3, -0.25) is 4.79 Å². The highest BCUT2D eigenvalue weighted by molar-refractivity contribution is 6.34. The maximum absolute atomic E-state index is 12.2. The molecule has 0 unspecified atom stereocenters. The first-order chi connectivity index (χ1) is 10.1. The Bertz CT molecular complexity index is 701. The van der Waals surface area contributed by atoms with Crippen LogP contribution >= 0.6 is 11.6 Å². The third kappa shape index (κ3) is 2.95. The summed E-state index contributed by atoms with van der Waals surface area (Å²) < 4.78 is 0. The molecule has 108 valence electrons. The van der Waals surface area contributed by atoms with E-state index in [0.29, 0.717) is 5.02 Å². The normalized spacial score (nSPS) is 13.2. The Hall–Kier alpha value is -2.20. The molecule has 1 aliphatic heterocycles. The zero-order valence-electron chi connectivity index (χ0n) is 11.3. The molecule has 1 aliphatic rings. The molecule has 0 radical (unpaired) electrons. The average Bonchev–Trinajstić information content (AvgIpc) is 2.49. The third-order valence-corrected chi connectivity index (χ3v) is 3.83. The van der Waals surface area contributed by atoms with Crippen LogP contribution in [0.4, 0.5) is 11.4 Å². The van der Waals surface area contributed by atoms with Crippen LogP contribution in [0.5, 0.6) is 5.75 Å². The lowest BCUT2D eigenvalue weighted by Crippen LogP contribution is -2.15. The fourth-order valence-corrected chi connectivity index (χ4v) is 2.64. The van der Waals surface area contributed by atoms with Crippen LogP contribution in [0.15, 0.2) is 36.4 Å². The number of aromatic hydroxyl groups is 1. The summed E-state index contributed by atoms with van der Waals surface area (Å²) in [6.45, 7) is 0.984. The van der Waals surface area contributed by atoms with Crippen molar-refractivity contribution in [1.29, 1.82) is 0 Å². The number of phenols is 1. The van der Waals surface area contributed by atoms with Crippen molar-refractivity contribution in [2.24, 2.45) is 0 Å². The molecule has 0 saturated heterocycles. The van der Waals surface area contributed by atoms with Crippen molar-refractivity contribution < 1.29 is 9.90 Å². The molecule has 3 N–H and O–H groups in total. The second-order valence-electron chi connectivity index (χ2n) is 5.02. The number of amides is 1. The number of anilines is 2. The van der Waals surface area contributed by atoms with E-state index in [1.54, 1.807) is 0 Å². The number of halogens is 1. The molecule has 0 saturated carbocycles. The summed E-state index contributed by atoms with van der Waals surface area (Å²) >= 11 is 5.99. The number of benzene rings is 2. The second-order valence-corrected chi connectivity index (χ2v) is 5.43. The van der Waals surface area contributed by atoms with E-state index >= 15 is 0 Å². The number of carbonyl (C=O) groups is 1. The van der Waals surface area contributed by atoms with Crippen molar-refractivity contribution >= 4 is 28.9 Å². The van der Waals surface area contributed by atoms with Gasteiger partial charge in [-0.25, -0.2) is 0 Å². The highest BCUT2D eigenvalue weighted by Crippen LogP contribution is 2.26. The Morgan fingerprint density at radius 3 is 2.95 bits per heavy atom. The predicted molar refractivity (Wildman–Crippen MR) is 84.3 cm³/mol. The number of rotatable bonds is 2. The number of hydrogen-bond donors (Lipinski definition) is 3. The number of phenolic OH excluding ortho intramolecular Hbond substituents is 1. The monoisotopic (exact) mass is 302 g/mol. The van der Waals surface area contributed by atoms with Gasteiger partial charge in [-0.15, -0.1) is 0 Å². The van der Waals surface area contributed by atoms with Gasteiger partial charge in [-0.2, -0.15) is 0 Å². The van der Waals surface area contributed by atoms with Crippen LogP contribution < -0.4 is 10.6 Å². The SMILES string of the molecule is O=C(Nc1ccc2c(c1)CCCN2)c1cc(O)ccc1Cl. The quantitative estimate of drug-likeness (QED) is 0.793. The third-order valence-electron chi connectivity index (χ3n) is 3.50. The maximum atomic E-state index is 12.2. The topological polar surface area (TPSA) is 61.4 Å². The summed E-state index contributed by atoms with van der Waals surface area (Å²) in [5.74, 6) is -0.321. The molecule has 0 atom stereocenters. The zero-order chi connectivity index (χ0) is 14.8. The molecule has 0 aliphatic carbocycles. The first-order valence-corrected chi connectivity index (χ1v) is 7.18. The summed E-state index contributed by atoms with van der Waals surface area (Å²) in [7, 11) is 0. The Morgan fingerprint density at radius 1 is 1.24 bits per heavy atom. The first-order valence-electron chi connectivity index (χ1n) is 6.80. The fourth-order valence-electron chi connectivity index (χ4n) is 2.44. The van der Waals surface area contributed by atoms with Gasteiger partial charge in [-0.05, 0) is 54.8 Å². The van der Waals surface area contributed by atoms with E-state index in [1.807, 2.05) is 18.2 Å². The summed E-state index contributed by atoms with van der Waals surface area (Å²) in [6.07, 6.45) is 2.09. The summed E-state index contributed by atoms with van der Waals surface area (Å²) in [6, 6.07) is 10.1. The van der Waals surface area contributed by atoms with Crippen LogP contribution in [0, 0.1) is 0 Å². The maximum Gasteiger partial charge on any atom is 0.257 e. The molecule has 4 nitrogen and oxygen atoms in total. The predicted octanol–water partition coefficient (Wildman–Crippen LogP) is 3.66. The molecule has 5 heteroatoms. The van der Waals surface area contributed by atoms with E-state index in [4.69, 9.17) is 11.6 Å². The van der Waals surface area contributed by atoms with Crippen LogP contribution in [-0.4, -0.2) is 17.6 Å². The van der Waals surface area contributed by atoms with E-state index in [1.165, 1.54) is 23.8 Å². The number of hydrogen-bond acceptors (Lipinski definition) is 3. The molecule has 1 heterocycles. The van der Waals surface area contributed by atoms with Crippen LogP contribution in [0.2, 0.25) is 5.02 Å². The Labute approximate surface area is 127 Å². The van der Waals surface area contributed by atoms with Gasteiger partial charge in [0.15, 0.2) is 0 Å². The number of nitrogens with one attached hydrogen (secondary N) is 2. The number of fused-ring (bicyclic) bond motifs is 1. The van der Waals surface area contributed by atoms with Gasteiger partial charge in [-0.1, -0.05) is 11.6 Å². The smallest absolute Gasteiger partial charge is 0.257 e. The van der Waals surface area contributed by atoms with Crippen molar-refractivity contribution in [2.45, 2.75) is 12.8 Å². The molecule has 0 spiro atoms. The fraction of sp³-hybridized carbons (Fsp3) is 0.188. The molecule has 2 aromatic carbocycles. The molecule has 3 rings (SSSR count). The van der Waals surface area contributed by atoms with Gasteiger partial charge in [0.1, 0.15) is 5.75 Å². The van der Waals surface area contributed by atoms with Crippen LogP contribution in [-0.2, 0) is 6.42 Å². The number of carbonyl (C=O) groups excluding carboxylic acids is 1. The highest BCUT2D eigenvalue weighted by Gasteiger charge is 2.13. The standard InChI is InChI=1S/C16H15ClN2O2/c17-14-5-4-12(20)9-13(14)16(21)19-11-3-6-15-10(8-11)2-1-7-18-15/h3-6,8-9,18,20H,1-2,7H2,(H,19,21). The second kappa shape index (κ2) is 5.66. The highest BCUT2D eigenvalue weighted by atomic mass is 35.5. The summed E-state index contributed by atoms with van der Waals surface area (Å²) in [5, 5.41) is 15.9. The van der Waals surface area contributed by atoms with Crippen molar-refractivity contribution in [3.8, 4) is 5.75 Å². The summed E-state index contributed by atoms with van der Waals surface area (Å²) in [4.78, 5) is 12.2. The van der Waals surface area contributed by atoms with Gasteiger partial charge in [0, 0.05) is 17.9 Å². The van der Waals surface area contributed by atoms with E-state index in [2.05, 4.69) is 10.6 Å². The summed E-state index contributed by atoms with van der Waals surface area (Å²) in [5.41, 5.74) is 3.30. The van der Waals surface area contributed by atoms with E-state index in [9.17, 15) is 9.90 Å². The lowest BCUT2D eigenvalue weighted by Gasteiger charge is -2.19. The van der Waals surface area contributed by atoms with Crippen molar-refractivity contribution in [2.75, 3.05) is 17.2 Å². The van der Waals surface area contributed by atoms with Gasteiger partial charge < -0.3 is 15.7 Å². The van der Waals surface area contributed by atoms with Gasteiger partial charge in [0.25, 0.3) is 5.91 Å². The molecule has 0 aromatic heterocycles. The van der Waals surface area contributed by atoms with Crippen LogP contribution in [0.1, 0.15) is 22.3 Å². The van der Waals surface area contributed by atoms with Gasteiger partial charge in [0.05, 0.1) is 10.6 Å². The Balaban J connectivity index is 1.83. The molecule has 0 bridgehead atoms. The van der Waals surface area contributed by atoms with E-state index in [0.717, 1.165) is 30.8 Å². The minimum absolute atomic E-state index is 0.0131. The first kappa shape index (κ1) is 13.8. The number of aryl methyl sites for hydroxylation is 1. The molecule has 21 heavy (non-hydrogen) atoms. The zero-order valence-corrected chi connectivity index (χ0v) is 12.1. The minimum atomic E-state index is -0.334. The lowest BCUT2D eigenvalue weighted by atomic mass is 10.0. The molecule has 0 fully saturated rings. The molecule has 2 aromatic rings. The Kier molecular flexibility index (Phi) is 3.71. The van der Waals surface area contributed by atoms with Crippen LogP contribution in [0.3, 0.4) is 0 Å². The molecular formula is C16H15ClN2O2. The van der Waals surface area contributed by atoms with Crippen molar-refractivity contribution in [3.05, 3.63) is 52.5 Å². The van der Waals surface area contributed by atoms with Crippen molar-refractivity contribution in [3.63, 3.8) is 0 Å².